The van der Waals surface area contributed by atoms with E-state index < -0.39 is 0 Å². The first kappa shape index (κ1) is 9.67. The van der Waals surface area contributed by atoms with Crippen LogP contribution in [0.15, 0.2) is 18.2 Å². The molecule has 0 saturated heterocycles. The second kappa shape index (κ2) is 4.48. The predicted octanol–water partition coefficient (Wildman–Crippen LogP) is 1.72. The summed E-state index contributed by atoms with van der Waals surface area (Å²) >= 11 is 5.55. The fourth-order valence-electron chi connectivity index (χ4n) is 0.422. The van der Waals surface area contributed by atoms with E-state index >= 15 is 0 Å². The van der Waals surface area contributed by atoms with E-state index in [4.69, 9.17) is 17.3 Å². The first-order valence-electron chi connectivity index (χ1n) is 2.22. The Morgan fingerprint density at radius 3 is 2.56 bits per heavy atom. The number of hydrogen-bond donors (Lipinski definition) is 1. The minimum Gasteiger partial charge on any atom is -0.418 e. The molecule has 1 aromatic rings. The largest absolute Gasteiger partial charge is 0.418 e. The van der Waals surface area contributed by atoms with Crippen molar-refractivity contribution in [2.75, 3.05) is 5.73 Å². The zero-order chi connectivity index (χ0) is 5.98. The Hall–Kier alpha value is 0.674. The van der Waals surface area contributed by atoms with Gasteiger partial charge in [-0.05, 0) is 5.02 Å². The van der Waals surface area contributed by atoms with Crippen LogP contribution in [0.3, 0.4) is 0 Å². The molecule has 0 bridgehead atoms. The molecule has 0 aliphatic carbocycles. The van der Waals surface area contributed by atoms with Crippen LogP contribution < -0.4 is 5.73 Å². The number of nitrogen functional groups attached to an aromatic ring is 1. The quantitative estimate of drug-likeness (QED) is 0.562. The Balaban J connectivity index is 0.000000640. The summed E-state index contributed by atoms with van der Waals surface area (Å²) in [5, 5.41) is 0.563. The summed E-state index contributed by atoms with van der Waals surface area (Å²) in [4.78, 5) is 0. The molecule has 0 saturated carbocycles. The van der Waals surface area contributed by atoms with Crippen LogP contribution >= 0.6 is 11.6 Å². The summed E-state index contributed by atoms with van der Waals surface area (Å²) in [6.45, 7) is 0. The van der Waals surface area contributed by atoms with E-state index in [-0.39, 0.29) is 41.3 Å². The maximum atomic E-state index is 5.55. The van der Waals surface area contributed by atoms with Crippen LogP contribution in [0.4, 0.5) is 5.69 Å². The third-order valence-electron chi connectivity index (χ3n) is 0.845. The monoisotopic (exact) mass is 267 g/mol. The number of benzene rings is 1. The van der Waals surface area contributed by atoms with Crippen molar-refractivity contribution >= 4 is 17.3 Å². The van der Waals surface area contributed by atoms with Crippen LogP contribution in [0.5, 0.6) is 0 Å². The molecule has 0 fully saturated rings. The van der Waals surface area contributed by atoms with E-state index in [9.17, 15) is 0 Å². The zero-order valence-electron chi connectivity index (χ0n) is 4.76. The van der Waals surface area contributed by atoms with Crippen molar-refractivity contribution in [2.45, 2.75) is 0 Å². The van der Waals surface area contributed by atoms with Crippen molar-refractivity contribution in [1.29, 1.82) is 0 Å². The molecule has 9 heavy (non-hydrogen) atoms. The molecule has 2 N–H and O–H groups in total. The van der Waals surface area contributed by atoms with Crippen molar-refractivity contribution in [3.05, 3.63) is 29.3 Å². The van der Waals surface area contributed by atoms with Crippen molar-refractivity contribution in [3.63, 3.8) is 0 Å². The maximum absolute atomic E-state index is 5.55. The van der Waals surface area contributed by atoms with E-state index in [1.165, 1.54) is 0 Å². The molecule has 0 atom stereocenters. The smallest absolute Gasteiger partial charge is 0 e. The van der Waals surface area contributed by atoms with E-state index in [2.05, 4.69) is 6.07 Å². The fourth-order valence-corrected chi connectivity index (χ4v) is 0.548. The Kier molecular flexibility index (Phi) is 4.82. The first-order chi connectivity index (χ1) is 3.80. The summed E-state index contributed by atoms with van der Waals surface area (Å²) in [5.74, 6) is 0. The van der Waals surface area contributed by atoms with Crippen LogP contribution in [0, 0.1) is 47.4 Å². The molecule has 0 unspecified atom stereocenters. The fraction of sp³-hybridized carbons (Fsp3) is 0. The normalized spacial score (nSPS) is 8.11. The number of rotatable bonds is 0. The topological polar surface area (TPSA) is 26.0 Å². The van der Waals surface area contributed by atoms with Crippen molar-refractivity contribution in [3.8, 4) is 0 Å². The van der Waals surface area contributed by atoms with E-state index in [1.807, 2.05) is 0 Å². The van der Waals surface area contributed by atoms with Gasteiger partial charge in [-0.3, -0.25) is 0 Å². The van der Waals surface area contributed by atoms with Gasteiger partial charge in [-0.25, -0.2) is 0 Å². The van der Waals surface area contributed by atoms with Crippen molar-refractivity contribution < 1.29 is 41.3 Å². The third-order valence-corrected chi connectivity index (χ3v) is 1.17. The Morgan fingerprint density at radius 1 is 1.56 bits per heavy atom. The molecule has 1 nitrogen and oxygen atoms in total. The van der Waals surface area contributed by atoms with Gasteiger partial charge in [0.05, 0.1) is 0 Å². The molecule has 0 aliphatic rings. The Labute approximate surface area is 92.5 Å². The predicted molar refractivity (Wildman–Crippen MR) is 34.7 cm³/mol. The zero-order valence-corrected chi connectivity index (χ0v) is 9.23. The third kappa shape index (κ3) is 2.83. The number of halogens is 1. The molecule has 45 valence electrons. The van der Waals surface area contributed by atoms with Gasteiger partial charge < -0.3 is 5.73 Å². The molecular formula is C6H5ClNPr-. The van der Waals surface area contributed by atoms with Gasteiger partial charge in [0, 0.05) is 41.3 Å². The maximum Gasteiger partial charge on any atom is 0 e. The van der Waals surface area contributed by atoms with Gasteiger partial charge in [0.25, 0.3) is 0 Å². The molecular weight excluding hydrogens is 262 g/mol. The minimum atomic E-state index is 0. The van der Waals surface area contributed by atoms with Gasteiger partial charge >= 0.3 is 0 Å². The first-order valence-corrected chi connectivity index (χ1v) is 2.59. The van der Waals surface area contributed by atoms with Crippen LogP contribution in [0.25, 0.3) is 0 Å². The van der Waals surface area contributed by atoms with E-state index in [0.29, 0.717) is 10.7 Å². The van der Waals surface area contributed by atoms with Crippen molar-refractivity contribution in [1.82, 2.24) is 0 Å². The second-order valence-corrected chi connectivity index (χ2v) is 1.85. The van der Waals surface area contributed by atoms with Crippen molar-refractivity contribution in [2.24, 2.45) is 0 Å². The standard InChI is InChI=1S/C6H5ClN.Pr/c7-5-3-1-2-4-6(5)8;/h2-4H,8H2;/q-1;. The average molecular weight is 267 g/mol. The summed E-state index contributed by atoms with van der Waals surface area (Å²) in [6, 6.07) is 7.86. The molecule has 0 amide bonds. The molecule has 1 rings (SSSR count). The van der Waals surface area contributed by atoms with Gasteiger partial charge in [0.15, 0.2) is 0 Å². The van der Waals surface area contributed by atoms with Gasteiger partial charge in [0.1, 0.15) is 0 Å². The molecule has 1 aromatic carbocycles. The molecule has 3 heteroatoms. The van der Waals surface area contributed by atoms with E-state index in [1.54, 1.807) is 18.2 Å². The van der Waals surface area contributed by atoms with Crippen LogP contribution in [-0.2, 0) is 0 Å². The van der Waals surface area contributed by atoms with Gasteiger partial charge in [-0.1, -0.05) is 5.69 Å². The van der Waals surface area contributed by atoms with Crippen LogP contribution in [0.2, 0.25) is 5.02 Å². The van der Waals surface area contributed by atoms with Crippen LogP contribution in [0.1, 0.15) is 0 Å². The van der Waals surface area contributed by atoms with E-state index in [0.717, 1.165) is 0 Å². The Bertz CT molecular complexity index is 169. The SMILES string of the molecule is Nc1cc[c-]cc1Cl.[Pr]. The summed E-state index contributed by atoms with van der Waals surface area (Å²) in [5.41, 5.74) is 5.97. The number of hydrogen-bond acceptors (Lipinski definition) is 1. The van der Waals surface area contributed by atoms with Gasteiger partial charge in [-0.15, -0.1) is 6.07 Å². The van der Waals surface area contributed by atoms with Gasteiger partial charge in [-0.2, -0.15) is 29.8 Å². The summed E-state index contributed by atoms with van der Waals surface area (Å²) < 4.78 is 0. The average Bonchev–Trinajstić information content (AvgIpc) is 1.77. The molecule has 0 aliphatic heterocycles. The molecule has 0 spiro atoms. The Morgan fingerprint density at radius 2 is 2.22 bits per heavy atom. The summed E-state index contributed by atoms with van der Waals surface area (Å²) in [6.07, 6.45) is 0. The second-order valence-electron chi connectivity index (χ2n) is 1.45. The number of anilines is 1. The van der Waals surface area contributed by atoms with Gasteiger partial charge in [0.2, 0.25) is 0 Å². The van der Waals surface area contributed by atoms with Crippen LogP contribution in [-0.4, -0.2) is 0 Å². The molecule has 0 heterocycles. The molecule has 1 radical (unpaired) electrons. The number of nitrogens with two attached hydrogens (primary N) is 1. The minimum absolute atomic E-state index is 0. The molecule has 0 aromatic heterocycles. The summed E-state index contributed by atoms with van der Waals surface area (Å²) in [7, 11) is 0.